The molecule has 2 rings (SSSR count). The van der Waals surface area contributed by atoms with Gasteiger partial charge in [-0.05, 0) is 34.0 Å². The number of hydrogen-bond donors (Lipinski definition) is 2. The summed E-state index contributed by atoms with van der Waals surface area (Å²) in [4.78, 5) is 16.4. The number of nitrogens with one attached hydrogen (secondary N) is 1. The predicted molar refractivity (Wildman–Crippen MR) is 82.7 cm³/mol. The molecule has 4 nitrogen and oxygen atoms in total. The normalized spacial score (nSPS) is 10.8. The Balaban J connectivity index is 2.21. The Morgan fingerprint density at radius 2 is 2.20 bits per heavy atom. The number of halogens is 2. The lowest BCUT2D eigenvalue weighted by molar-refractivity contribution is 0.102. The van der Waals surface area contributed by atoms with Gasteiger partial charge in [0.2, 0.25) is 0 Å². The van der Waals surface area contributed by atoms with E-state index in [1.165, 1.54) is 23.5 Å². The highest BCUT2D eigenvalue weighted by Gasteiger charge is 2.15. The van der Waals surface area contributed by atoms with Gasteiger partial charge in [-0.15, -0.1) is 11.3 Å². The lowest BCUT2D eigenvalue weighted by atomic mass is 10.2. The van der Waals surface area contributed by atoms with Crippen LogP contribution in [-0.2, 0) is 0 Å². The summed E-state index contributed by atoms with van der Waals surface area (Å²) in [6.45, 7) is 4.05. The molecule has 106 valence electrons. The number of carbonyl (C=O) groups excluding carboxylic acids is 1. The summed E-state index contributed by atoms with van der Waals surface area (Å²) in [5.41, 5.74) is 6.59. The van der Waals surface area contributed by atoms with Crippen molar-refractivity contribution in [1.29, 1.82) is 0 Å². The van der Waals surface area contributed by atoms with Crippen molar-refractivity contribution in [3.63, 3.8) is 0 Å². The molecule has 0 spiro atoms. The lowest BCUT2D eigenvalue weighted by Crippen LogP contribution is -2.13. The minimum atomic E-state index is -0.565. The van der Waals surface area contributed by atoms with E-state index in [0.29, 0.717) is 15.5 Å². The maximum absolute atomic E-state index is 13.2. The Labute approximate surface area is 128 Å². The largest absolute Gasteiger partial charge is 0.396 e. The summed E-state index contributed by atoms with van der Waals surface area (Å²) >= 11 is 4.50. The quantitative estimate of drug-likeness (QED) is 0.815. The highest BCUT2D eigenvalue weighted by molar-refractivity contribution is 9.10. The second-order valence-electron chi connectivity index (χ2n) is 4.54. The molecule has 7 heteroatoms. The highest BCUT2D eigenvalue weighted by atomic mass is 79.9. The molecule has 0 saturated heterocycles. The maximum Gasteiger partial charge on any atom is 0.258 e. The molecule has 0 unspecified atom stereocenters. The topological polar surface area (TPSA) is 68.0 Å². The Morgan fingerprint density at radius 3 is 2.80 bits per heavy atom. The van der Waals surface area contributed by atoms with Crippen LogP contribution in [0.15, 0.2) is 22.0 Å². The van der Waals surface area contributed by atoms with Crippen molar-refractivity contribution in [3.8, 4) is 0 Å². The van der Waals surface area contributed by atoms with Crippen LogP contribution in [0.3, 0.4) is 0 Å². The van der Waals surface area contributed by atoms with E-state index in [9.17, 15) is 9.18 Å². The molecule has 1 aromatic heterocycles. The monoisotopic (exact) mass is 357 g/mol. The molecule has 0 bridgehead atoms. The van der Waals surface area contributed by atoms with Gasteiger partial charge >= 0.3 is 0 Å². The molecule has 0 radical (unpaired) electrons. The van der Waals surface area contributed by atoms with Crippen molar-refractivity contribution in [2.75, 3.05) is 11.1 Å². The number of thiazole rings is 1. The first-order chi connectivity index (χ1) is 9.38. The smallest absolute Gasteiger partial charge is 0.258 e. The van der Waals surface area contributed by atoms with Gasteiger partial charge < -0.3 is 5.73 Å². The van der Waals surface area contributed by atoms with Crippen LogP contribution >= 0.6 is 27.3 Å². The Morgan fingerprint density at radius 1 is 1.50 bits per heavy atom. The zero-order chi connectivity index (χ0) is 14.9. The van der Waals surface area contributed by atoms with E-state index in [2.05, 4.69) is 26.2 Å². The van der Waals surface area contributed by atoms with Gasteiger partial charge in [-0.2, -0.15) is 0 Å². The number of carbonyl (C=O) groups is 1. The number of aromatic nitrogens is 1. The number of anilines is 2. The molecule has 0 atom stereocenters. The van der Waals surface area contributed by atoms with Gasteiger partial charge in [-0.1, -0.05) is 13.8 Å². The Kier molecular flexibility index (Phi) is 4.39. The first-order valence-electron chi connectivity index (χ1n) is 5.89. The minimum Gasteiger partial charge on any atom is -0.396 e. The molecule has 0 aliphatic rings. The van der Waals surface area contributed by atoms with E-state index >= 15 is 0 Å². The van der Waals surface area contributed by atoms with Gasteiger partial charge in [-0.3, -0.25) is 10.1 Å². The summed E-state index contributed by atoms with van der Waals surface area (Å²) in [7, 11) is 0. The molecular weight excluding hydrogens is 345 g/mol. The zero-order valence-corrected chi connectivity index (χ0v) is 13.3. The zero-order valence-electron chi connectivity index (χ0n) is 10.9. The number of amides is 1. The highest BCUT2D eigenvalue weighted by Crippen LogP contribution is 2.25. The fourth-order valence-electron chi connectivity index (χ4n) is 1.51. The van der Waals surface area contributed by atoms with Crippen LogP contribution in [0.4, 0.5) is 15.2 Å². The third-order valence-corrected chi connectivity index (χ3v) is 4.10. The van der Waals surface area contributed by atoms with E-state index in [4.69, 9.17) is 5.73 Å². The van der Waals surface area contributed by atoms with Gasteiger partial charge in [0.15, 0.2) is 5.13 Å². The molecule has 0 fully saturated rings. The Bertz CT molecular complexity index is 657. The second kappa shape index (κ2) is 5.88. The SMILES string of the molecule is CC(C)c1csc(NC(=O)c2cc(N)c(F)cc2Br)n1. The van der Waals surface area contributed by atoms with E-state index in [-0.39, 0.29) is 17.2 Å². The van der Waals surface area contributed by atoms with E-state index < -0.39 is 5.82 Å². The molecule has 2 aromatic rings. The summed E-state index contributed by atoms with van der Waals surface area (Å²) < 4.78 is 13.6. The van der Waals surface area contributed by atoms with E-state index in [1.54, 1.807) is 0 Å². The van der Waals surface area contributed by atoms with E-state index in [0.717, 1.165) is 5.69 Å². The number of benzene rings is 1. The van der Waals surface area contributed by atoms with Crippen molar-refractivity contribution in [2.24, 2.45) is 0 Å². The van der Waals surface area contributed by atoms with E-state index in [1.807, 2.05) is 19.2 Å². The van der Waals surface area contributed by atoms with Crippen LogP contribution < -0.4 is 11.1 Å². The fraction of sp³-hybridized carbons (Fsp3) is 0.231. The second-order valence-corrected chi connectivity index (χ2v) is 6.25. The summed E-state index contributed by atoms with van der Waals surface area (Å²) in [6.07, 6.45) is 0. The van der Waals surface area contributed by atoms with Crippen molar-refractivity contribution < 1.29 is 9.18 Å². The van der Waals surface area contributed by atoms with Crippen molar-refractivity contribution in [3.05, 3.63) is 39.1 Å². The first kappa shape index (κ1) is 14.9. The first-order valence-corrected chi connectivity index (χ1v) is 7.57. The number of nitrogen functional groups attached to an aromatic ring is 1. The van der Waals surface area contributed by atoms with Gasteiger partial charge in [0, 0.05) is 9.85 Å². The third kappa shape index (κ3) is 3.16. The number of rotatable bonds is 3. The molecule has 20 heavy (non-hydrogen) atoms. The molecular formula is C13H13BrFN3OS. The van der Waals surface area contributed by atoms with Crippen LogP contribution in [-0.4, -0.2) is 10.9 Å². The van der Waals surface area contributed by atoms with Crippen molar-refractivity contribution in [2.45, 2.75) is 19.8 Å². The third-order valence-electron chi connectivity index (χ3n) is 2.66. The van der Waals surface area contributed by atoms with Crippen LogP contribution in [0.5, 0.6) is 0 Å². The van der Waals surface area contributed by atoms with Crippen LogP contribution in [0, 0.1) is 5.82 Å². The van der Waals surface area contributed by atoms with Crippen LogP contribution in [0.2, 0.25) is 0 Å². The molecule has 0 aliphatic heterocycles. The average Bonchev–Trinajstić information content (AvgIpc) is 2.82. The number of nitrogens with zero attached hydrogens (tertiary/aromatic N) is 1. The fourth-order valence-corrected chi connectivity index (χ4v) is 2.88. The molecule has 1 aromatic carbocycles. The molecule has 0 saturated carbocycles. The molecule has 1 amide bonds. The molecule has 3 N–H and O–H groups in total. The van der Waals surface area contributed by atoms with Crippen LogP contribution in [0.25, 0.3) is 0 Å². The van der Waals surface area contributed by atoms with Gasteiger partial charge in [0.05, 0.1) is 16.9 Å². The minimum absolute atomic E-state index is 0.0691. The summed E-state index contributed by atoms with van der Waals surface area (Å²) in [6, 6.07) is 2.47. The van der Waals surface area contributed by atoms with Crippen LogP contribution in [0.1, 0.15) is 35.8 Å². The lowest BCUT2D eigenvalue weighted by Gasteiger charge is -2.06. The summed E-state index contributed by atoms with van der Waals surface area (Å²) in [5.74, 6) is -0.650. The summed E-state index contributed by atoms with van der Waals surface area (Å²) in [5, 5.41) is 5.09. The maximum atomic E-state index is 13.2. The molecule has 0 aliphatic carbocycles. The van der Waals surface area contributed by atoms with Crippen molar-refractivity contribution >= 4 is 44.0 Å². The van der Waals surface area contributed by atoms with Crippen molar-refractivity contribution in [1.82, 2.24) is 4.98 Å². The molecule has 1 heterocycles. The van der Waals surface area contributed by atoms with Gasteiger partial charge in [0.25, 0.3) is 5.91 Å². The number of hydrogen-bond acceptors (Lipinski definition) is 4. The predicted octanol–water partition coefficient (Wildman–Crippen LogP) is 4.00. The Hall–Kier alpha value is -1.47. The average molecular weight is 358 g/mol. The van der Waals surface area contributed by atoms with Gasteiger partial charge in [-0.25, -0.2) is 9.37 Å². The van der Waals surface area contributed by atoms with Gasteiger partial charge in [0.1, 0.15) is 5.82 Å². The number of nitrogens with two attached hydrogens (primary N) is 1. The standard InChI is InChI=1S/C13H13BrFN3OS/c1-6(2)11-5-20-13(17-11)18-12(19)7-3-10(16)9(15)4-8(7)14/h3-6H,16H2,1-2H3,(H,17,18,19).